The predicted octanol–water partition coefficient (Wildman–Crippen LogP) is 5.85. The van der Waals surface area contributed by atoms with E-state index in [1.807, 2.05) is 63.2 Å². The lowest BCUT2D eigenvalue weighted by atomic mass is 10.0. The van der Waals surface area contributed by atoms with Gasteiger partial charge in [0.2, 0.25) is 11.8 Å². The van der Waals surface area contributed by atoms with Crippen LogP contribution in [0.15, 0.2) is 102 Å². The fourth-order valence-corrected chi connectivity index (χ4v) is 6.44. The van der Waals surface area contributed by atoms with Gasteiger partial charge in [-0.05, 0) is 73.4 Å². The minimum atomic E-state index is -4.16. The molecule has 1 N–H and O–H groups in total. The number of hydrogen-bond donors (Lipinski definition) is 1. The minimum Gasteiger partial charge on any atom is -0.357 e. The molecule has 4 aromatic carbocycles. The molecule has 1 atom stereocenters. The van der Waals surface area contributed by atoms with Gasteiger partial charge in [-0.25, -0.2) is 8.42 Å². The lowest BCUT2D eigenvalue weighted by Gasteiger charge is -2.34. The Bertz CT molecular complexity index is 1680. The molecular formula is C34H36ClN3O4S. The Morgan fingerprint density at radius 3 is 2.07 bits per heavy atom. The Balaban J connectivity index is 1.81. The van der Waals surface area contributed by atoms with Gasteiger partial charge in [-0.2, -0.15) is 0 Å². The first-order valence-corrected chi connectivity index (χ1v) is 15.8. The molecule has 0 spiro atoms. The van der Waals surface area contributed by atoms with Gasteiger partial charge in [0, 0.05) is 25.0 Å². The van der Waals surface area contributed by atoms with Crippen LogP contribution in [0.25, 0.3) is 0 Å². The molecule has 9 heteroatoms. The first-order valence-electron chi connectivity index (χ1n) is 14.0. The van der Waals surface area contributed by atoms with Gasteiger partial charge in [-0.3, -0.25) is 13.9 Å². The third kappa shape index (κ3) is 7.83. The van der Waals surface area contributed by atoms with Gasteiger partial charge in [0.25, 0.3) is 10.0 Å². The van der Waals surface area contributed by atoms with E-state index in [1.165, 1.54) is 11.9 Å². The van der Waals surface area contributed by atoms with Crippen molar-refractivity contribution in [3.05, 3.63) is 130 Å². The number of anilines is 1. The van der Waals surface area contributed by atoms with Gasteiger partial charge in [0.1, 0.15) is 12.6 Å². The first-order chi connectivity index (χ1) is 20.5. The average molecular weight is 618 g/mol. The number of carbonyl (C=O) groups is 2. The number of carbonyl (C=O) groups excluding carboxylic acids is 2. The third-order valence-corrected chi connectivity index (χ3v) is 9.33. The monoisotopic (exact) mass is 617 g/mol. The van der Waals surface area contributed by atoms with Gasteiger partial charge in [0.05, 0.1) is 10.6 Å². The maximum Gasteiger partial charge on any atom is 0.264 e. The second kappa shape index (κ2) is 13.9. The molecule has 224 valence electrons. The van der Waals surface area contributed by atoms with Crippen molar-refractivity contribution in [3.63, 3.8) is 0 Å². The molecule has 0 aliphatic carbocycles. The summed E-state index contributed by atoms with van der Waals surface area (Å²) < 4.78 is 29.5. The van der Waals surface area contributed by atoms with Crippen molar-refractivity contribution in [2.45, 2.75) is 44.7 Å². The molecule has 0 unspecified atom stereocenters. The molecule has 0 aromatic heterocycles. The van der Waals surface area contributed by atoms with E-state index in [1.54, 1.807) is 54.6 Å². The molecule has 4 aromatic rings. The zero-order valence-electron chi connectivity index (χ0n) is 24.7. The Morgan fingerprint density at radius 1 is 0.814 bits per heavy atom. The summed E-state index contributed by atoms with van der Waals surface area (Å²) in [5, 5.41) is 3.23. The van der Waals surface area contributed by atoms with Crippen LogP contribution in [0.1, 0.15) is 27.8 Å². The van der Waals surface area contributed by atoms with Crippen LogP contribution >= 0.6 is 11.6 Å². The first kappa shape index (κ1) is 31.8. The highest BCUT2D eigenvalue weighted by atomic mass is 35.5. The van der Waals surface area contributed by atoms with Crippen LogP contribution in [-0.4, -0.2) is 44.8 Å². The van der Waals surface area contributed by atoms with E-state index in [-0.39, 0.29) is 23.8 Å². The molecule has 0 radical (unpaired) electrons. The number of hydrogen-bond acceptors (Lipinski definition) is 4. The average Bonchev–Trinajstić information content (AvgIpc) is 3.00. The Labute approximate surface area is 259 Å². The zero-order valence-corrected chi connectivity index (χ0v) is 26.3. The number of nitrogens with one attached hydrogen (secondary N) is 1. The number of halogens is 1. The summed E-state index contributed by atoms with van der Waals surface area (Å²) in [5.74, 6) is -0.873. The van der Waals surface area contributed by atoms with Gasteiger partial charge in [-0.15, -0.1) is 0 Å². The van der Waals surface area contributed by atoms with E-state index >= 15 is 0 Å². The van der Waals surface area contributed by atoms with Crippen molar-refractivity contribution in [1.29, 1.82) is 0 Å². The van der Waals surface area contributed by atoms with Crippen LogP contribution in [0.4, 0.5) is 5.69 Å². The van der Waals surface area contributed by atoms with Crippen LogP contribution in [0.5, 0.6) is 0 Å². The predicted molar refractivity (Wildman–Crippen MR) is 172 cm³/mol. The quantitative estimate of drug-likeness (QED) is 0.229. The number of nitrogens with zero attached hydrogens (tertiary/aromatic N) is 2. The summed E-state index contributed by atoms with van der Waals surface area (Å²) in [5.41, 5.74) is 4.48. The smallest absolute Gasteiger partial charge is 0.264 e. The van der Waals surface area contributed by atoms with E-state index in [0.29, 0.717) is 16.3 Å². The highest BCUT2D eigenvalue weighted by molar-refractivity contribution is 7.92. The third-order valence-electron chi connectivity index (χ3n) is 7.30. The lowest BCUT2D eigenvalue weighted by molar-refractivity contribution is -0.139. The van der Waals surface area contributed by atoms with E-state index in [9.17, 15) is 18.0 Å². The summed E-state index contributed by atoms with van der Waals surface area (Å²) in [6.07, 6.45) is 0.244. The summed E-state index contributed by atoms with van der Waals surface area (Å²) >= 11 is 6.12. The van der Waals surface area contributed by atoms with Crippen molar-refractivity contribution in [2.75, 3.05) is 17.9 Å². The van der Waals surface area contributed by atoms with Crippen molar-refractivity contribution >= 4 is 39.1 Å². The van der Waals surface area contributed by atoms with E-state index < -0.39 is 28.5 Å². The second-order valence-corrected chi connectivity index (χ2v) is 12.9. The number of aryl methyl sites for hydroxylation is 3. The van der Waals surface area contributed by atoms with Crippen molar-refractivity contribution < 1.29 is 18.0 Å². The fourth-order valence-electron chi connectivity index (χ4n) is 4.85. The fraction of sp³-hybridized carbons (Fsp3) is 0.235. The number of benzene rings is 4. The maximum atomic E-state index is 14.4. The summed E-state index contributed by atoms with van der Waals surface area (Å²) in [4.78, 5) is 29.3. The molecule has 4 rings (SSSR count). The maximum absolute atomic E-state index is 14.4. The zero-order chi connectivity index (χ0) is 31.1. The Morgan fingerprint density at radius 2 is 1.44 bits per heavy atom. The molecule has 0 heterocycles. The normalized spacial score (nSPS) is 11.9. The Kier molecular flexibility index (Phi) is 10.3. The molecular weight excluding hydrogens is 582 g/mol. The molecule has 0 saturated heterocycles. The summed E-state index contributed by atoms with van der Waals surface area (Å²) in [7, 11) is -2.64. The number of amides is 2. The van der Waals surface area contributed by atoms with Crippen LogP contribution in [0.3, 0.4) is 0 Å². The highest BCUT2D eigenvalue weighted by Gasteiger charge is 2.34. The number of likely N-dealkylation sites (N-methyl/N-ethyl adjacent to an activating group) is 1. The molecule has 0 aliphatic heterocycles. The van der Waals surface area contributed by atoms with E-state index in [0.717, 1.165) is 26.6 Å². The number of sulfonamides is 1. The van der Waals surface area contributed by atoms with E-state index in [4.69, 9.17) is 11.6 Å². The largest absolute Gasteiger partial charge is 0.357 e. The van der Waals surface area contributed by atoms with Crippen LogP contribution in [-0.2, 0) is 32.6 Å². The SMILES string of the molecule is CNC(=O)[C@H](Cc1ccccc1)N(Cc1ccc(Cl)cc1)C(=O)CN(c1cc(C)ccc1C)S(=O)(=O)c1ccc(C)cc1. The van der Waals surface area contributed by atoms with E-state index in [2.05, 4.69) is 5.32 Å². The molecule has 7 nitrogen and oxygen atoms in total. The summed E-state index contributed by atoms with van der Waals surface area (Å²) in [6, 6.07) is 27.6. The lowest BCUT2D eigenvalue weighted by Crippen LogP contribution is -2.53. The van der Waals surface area contributed by atoms with Crippen molar-refractivity contribution in [1.82, 2.24) is 10.2 Å². The molecule has 0 saturated carbocycles. The van der Waals surface area contributed by atoms with Gasteiger partial charge >= 0.3 is 0 Å². The molecule has 2 amide bonds. The highest BCUT2D eigenvalue weighted by Crippen LogP contribution is 2.29. The topological polar surface area (TPSA) is 86.8 Å². The van der Waals surface area contributed by atoms with Crippen LogP contribution < -0.4 is 9.62 Å². The van der Waals surface area contributed by atoms with Gasteiger partial charge < -0.3 is 10.2 Å². The Hall–Kier alpha value is -4.14. The van der Waals surface area contributed by atoms with Crippen LogP contribution in [0, 0.1) is 20.8 Å². The standard InChI is InChI=1S/C34H36ClN3O4S/c1-24-11-18-30(19-12-24)43(41,42)38(31-20-25(2)10-13-26(31)3)23-33(39)37(22-28-14-16-29(35)17-15-28)32(34(40)36-4)21-27-8-6-5-7-9-27/h5-20,32H,21-23H2,1-4H3,(H,36,40)/t32-/m0/s1. The van der Waals surface area contributed by atoms with Crippen LogP contribution in [0.2, 0.25) is 5.02 Å². The molecule has 0 bridgehead atoms. The second-order valence-electron chi connectivity index (χ2n) is 10.6. The molecule has 0 fully saturated rings. The van der Waals surface area contributed by atoms with Crippen molar-refractivity contribution in [3.8, 4) is 0 Å². The molecule has 43 heavy (non-hydrogen) atoms. The minimum absolute atomic E-state index is 0.0724. The van der Waals surface area contributed by atoms with Crippen molar-refractivity contribution in [2.24, 2.45) is 0 Å². The summed E-state index contributed by atoms with van der Waals surface area (Å²) in [6.45, 7) is 5.13. The molecule has 0 aliphatic rings. The number of rotatable bonds is 11. The van der Waals surface area contributed by atoms with Gasteiger partial charge in [0.15, 0.2) is 0 Å². The van der Waals surface area contributed by atoms with Gasteiger partial charge in [-0.1, -0.05) is 83.9 Å².